The van der Waals surface area contributed by atoms with Gasteiger partial charge in [-0.1, -0.05) is 19.9 Å². The van der Waals surface area contributed by atoms with Gasteiger partial charge in [-0.15, -0.1) is 0 Å². The maximum Gasteiger partial charge on any atom is 0.179 e. The number of ether oxygens (including phenoxy) is 2. The Labute approximate surface area is 149 Å². The lowest BCUT2D eigenvalue weighted by molar-refractivity contribution is 0.353. The zero-order valence-corrected chi connectivity index (χ0v) is 16.0. The van der Waals surface area contributed by atoms with Gasteiger partial charge in [0.05, 0.1) is 14.2 Å². The van der Waals surface area contributed by atoms with E-state index >= 15 is 0 Å². The molecule has 0 radical (unpaired) electrons. The van der Waals surface area contributed by atoms with Gasteiger partial charge in [-0.2, -0.15) is 0 Å². The third kappa shape index (κ3) is 4.42. The van der Waals surface area contributed by atoms with Crippen LogP contribution in [0.3, 0.4) is 0 Å². The van der Waals surface area contributed by atoms with Gasteiger partial charge < -0.3 is 14.8 Å². The van der Waals surface area contributed by atoms with Crippen LogP contribution in [0.2, 0.25) is 0 Å². The fraction of sp³-hybridized carbons (Fsp3) is 0.389. The van der Waals surface area contributed by atoms with E-state index in [9.17, 15) is 8.42 Å². The first-order chi connectivity index (χ1) is 11.7. The number of methoxy groups -OCH3 is 2. The number of anilines is 1. The lowest BCUT2D eigenvalue weighted by Gasteiger charge is -2.27. The van der Waals surface area contributed by atoms with Gasteiger partial charge in [0.15, 0.2) is 21.3 Å². The Kier molecular flexibility index (Phi) is 5.57. The molecule has 7 heteroatoms. The van der Waals surface area contributed by atoms with E-state index in [0.29, 0.717) is 23.9 Å². The summed E-state index contributed by atoms with van der Waals surface area (Å²) in [5, 5.41) is 3.16. The van der Waals surface area contributed by atoms with Crippen LogP contribution in [0.15, 0.2) is 41.4 Å². The van der Waals surface area contributed by atoms with Crippen molar-refractivity contribution in [3.63, 3.8) is 0 Å². The summed E-state index contributed by atoms with van der Waals surface area (Å²) in [6, 6.07) is 8.92. The summed E-state index contributed by atoms with van der Waals surface area (Å²) >= 11 is 0. The summed E-state index contributed by atoms with van der Waals surface area (Å²) in [4.78, 5) is 4.36. The van der Waals surface area contributed by atoms with Crippen LogP contribution < -0.4 is 14.8 Å². The molecule has 0 amide bonds. The Morgan fingerprint density at radius 1 is 1.12 bits per heavy atom. The molecular weight excluding hydrogens is 340 g/mol. The van der Waals surface area contributed by atoms with E-state index in [1.807, 2.05) is 18.2 Å². The maximum absolute atomic E-state index is 11.9. The smallest absolute Gasteiger partial charge is 0.179 e. The fourth-order valence-electron chi connectivity index (χ4n) is 2.49. The van der Waals surface area contributed by atoms with Crippen LogP contribution in [-0.2, 0) is 15.3 Å². The molecule has 2 rings (SSSR count). The summed E-state index contributed by atoms with van der Waals surface area (Å²) in [6.07, 6.45) is 2.75. The molecule has 25 heavy (non-hydrogen) atoms. The van der Waals surface area contributed by atoms with Crippen molar-refractivity contribution >= 4 is 15.7 Å². The Morgan fingerprint density at radius 3 is 2.40 bits per heavy atom. The quantitative estimate of drug-likeness (QED) is 0.814. The SMILES string of the molecule is COc1ccc(C(C)(C)CNc2ncccc2S(C)(=O)=O)cc1OC. The number of nitrogens with zero attached hydrogens (tertiary/aromatic N) is 1. The van der Waals surface area contributed by atoms with Gasteiger partial charge in [0, 0.05) is 24.4 Å². The summed E-state index contributed by atoms with van der Waals surface area (Å²) in [5.41, 5.74) is 0.751. The Hall–Kier alpha value is -2.28. The zero-order valence-electron chi connectivity index (χ0n) is 15.2. The highest BCUT2D eigenvalue weighted by Crippen LogP contribution is 2.33. The van der Waals surface area contributed by atoms with E-state index in [0.717, 1.165) is 5.56 Å². The minimum Gasteiger partial charge on any atom is -0.493 e. The Bertz CT molecular complexity index is 848. The number of sulfone groups is 1. The first-order valence-corrected chi connectivity index (χ1v) is 9.69. The van der Waals surface area contributed by atoms with E-state index in [-0.39, 0.29) is 10.3 Å². The second-order valence-electron chi connectivity index (χ2n) is 6.43. The van der Waals surface area contributed by atoms with Crippen molar-refractivity contribution in [2.24, 2.45) is 0 Å². The molecule has 1 aromatic carbocycles. The summed E-state index contributed by atoms with van der Waals surface area (Å²) < 4.78 is 34.4. The third-order valence-electron chi connectivity index (χ3n) is 4.03. The molecule has 1 N–H and O–H groups in total. The van der Waals surface area contributed by atoms with Gasteiger partial charge in [-0.3, -0.25) is 0 Å². The lowest BCUT2D eigenvalue weighted by Crippen LogP contribution is -2.28. The first-order valence-electron chi connectivity index (χ1n) is 7.80. The molecule has 0 unspecified atom stereocenters. The number of pyridine rings is 1. The largest absolute Gasteiger partial charge is 0.493 e. The molecule has 0 aliphatic carbocycles. The van der Waals surface area contributed by atoms with Crippen LogP contribution in [0, 0.1) is 0 Å². The molecular formula is C18H24N2O4S. The van der Waals surface area contributed by atoms with Gasteiger partial charge >= 0.3 is 0 Å². The highest BCUT2D eigenvalue weighted by Gasteiger charge is 2.24. The number of hydrogen-bond donors (Lipinski definition) is 1. The number of hydrogen-bond acceptors (Lipinski definition) is 6. The Balaban J connectivity index is 2.26. The van der Waals surface area contributed by atoms with E-state index in [4.69, 9.17) is 9.47 Å². The van der Waals surface area contributed by atoms with E-state index in [1.54, 1.807) is 32.5 Å². The standard InChI is InChI=1S/C18H24N2O4S/c1-18(2,13-8-9-14(23-3)15(11-13)24-4)12-20-17-16(25(5,21)22)7-6-10-19-17/h6-11H,12H2,1-5H3,(H,19,20). The topological polar surface area (TPSA) is 77.5 Å². The molecule has 2 aromatic rings. The van der Waals surface area contributed by atoms with E-state index < -0.39 is 9.84 Å². The maximum atomic E-state index is 11.9. The zero-order chi connectivity index (χ0) is 18.7. The number of aromatic nitrogens is 1. The lowest BCUT2D eigenvalue weighted by atomic mass is 9.84. The highest BCUT2D eigenvalue weighted by atomic mass is 32.2. The van der Waals surface area contributed by atoms with Crippen molar-refractivity contribution in [1.29, 1.82) is 0 Å². The molecule has 0 fully saturated rings. The summed E-state index contributed by atoms with van der Waals surface area (Å²) in [7, 11) is -0.155. The summed E-state index contributed by atoms with van der Waals surface area (Å²) in [5.74, 6) is 1.68. The molecule has 0 atom stereocenters. The van der Waals surface area contributed by atoms with Crippen LogP contribution in [-0.4, -0.2) is 40.4 Å². The molecule has 6 nitrogen and oxygen atoms in total. The van der Waals surface area contributed by atoms with Gasteiger partial charge in [-0.25, -0.2) is 13.4 Å². The van der Waals surface area contributed by atoms with Gasteiger partial charge in [0.2, 0.25) is 0 Å². The highest BCUT2D eigenvalue weighted by molar-refractivity contribution is 7.90. The molecule has 136 valence electrons. The molecule has 0 bridgehead atoms. The van der Waals surface area contributed by atoms with Crippen LogP contribution in [0.5, 0.6) is 11.5 Å². The molecule has 0 saturated heterocycles. The number of nitrogens with one attached hydrogen (secondary N) is 1. The monoisotopic (exact) mass is 364 g/mol. The molecule has 0 spiro atoms. The number of rotatable bonds is 7. The second kappa shape index (κ2) is 7.31. The van der Waals surface area contributed by atoms with Crippen molar-refractivity contribution < 1.29 is 17.9 Å². The average Bonchev–Trinajstić information content (AvgIpc) is 2.58. The van der Waals surface area contributed by atoms with Crippen LogP contribution in [0.25, 0.3) is 0 Å². The van der Waals surface area contributed by atoms with Gasteiger partial charge in [0.1, 0.15) is 10.7 Å². The second-order valence-corrected chi connectivity index (χ2v) is 8.41. The predicted molar refractivity (Wildman–Crippen MR) is 98.4 cm³/mol. The van der Waals surface area contributed by atoms with Crippen molar-refractivity contribution in [2.45, 2.75) is 24.2 Å². The van der Waals surface area contributed by atoms with Gasteiger partial charge in [0.25, 0.3) is 0 Å². The fourth-order valence-corrected chi connectivity index (χ4v) is 3.29. The van der Waals surface area contributed by atoms with Crippen LogP contribution in [0.1, 0.15) is 19.4 Å². The molecule has 1 heterocycles. The van der Waals surface area contributed by atoms with E-state index in [1.165, 1.54) is 6.26 Å². The van der Waals surface area contributed by atoms with Gasteiger partial charge in [-0.05, 0) is 29.8 Å². The minimum absolute atomic E-state index is 0.193. The normalized spacial score (nSPS) is 11.9. The number of benzene rings is 1. The first kappa shape index (κ1) is 19.1. The van der Waals surface area contributed by atoms with E-state index in [2.05, 4.69) is 24.1 Å². The molecule has 0 saturated carbocycles. The molecule has 0 aliphatic rings. The van der Waals surface area contributed by atoms with Crippen molar-refractivity contribution in [3.8, 4) is 11.5 Å². The predicted octanol–water partition coefficient (Wildman–Crippen LogP) is 2.89. The van der Waals surface area contributed by atoms with Crippen molar-refractivity contribution in [1.82, 2.24) is 4.98 Å². The van der Waals surface area contributed by atoms with Crippen molar-refractivity contribution in [2.75, 3.05) is 32.3 Å². The average molecular weight is 364 g/mol. The molecule has 1 aromatic heterocycles. The molecule has 0 aliphatic heterocycles. The Morgan fingerprint density at radius 2 is 1.80 bits per heavy atom. The summed E-state index contributed by atoms with van der Waals surface area (Å²) in [6.45, 7) is 4.62. The van der Waals surface area contributed by atoms with Crippen molar-refractivity contribution in [3.05, 3.63) is 42.1 Å². The third-order valence-corrected chi connectivity index (χ3v) is 5.16. The van der Waals surface area contributed by atoms with Crippen LogP contribution in [0.4, 0.5) is 5.82 Å². The minimum atomic E-state index is -3.35. The van der Waals surface area contributed by atoms with Crippen LogP contribution >= 0.6 is 0 Å².